The van der Waals surface area contributed by atoms with Crippen molar-refractivity contribution in [2.24, 2.45) is 4.99 Å². The SMILES string of the molecule is CC(C=O)N=C(c1ccccc1)c1ccccc1. The van der Waals surface area contributed by atoms with Crippen LogP contribution < -0.4 is 0 Å². The van der Waals surface area contributed by atoms with Crippen molar-refractivity contribution in [2.45, 2.75) is 13.0 Å². The summed E-state index contributed by atoms with van der Waals surface area (Å²) in [5.41, 5.74) is 2.91. The second-order valence-electron chi connectivity index (χ2n) is 4.09. The molecule has 0 saturated carbocycles. The van der Waals surface area contributed by atoms with E-state index in [1.54, 1.807) is 6.92 Å². The Morgan fingerprint density at radius 3 is 1.78 bits per heavy atom. The lowest BCUT2D eigenvalue weighted by Gasteiger charge is -2.08. The highest BCUT2D eigenvalue weighted by atomic mass is 16.1. The number of carbonyl (C=O) groups is 1. The highest BCUT2D eigenvalue weighted by Crippen LogP contribution is 2.11. The van der Waals surface area contributed by atoms with Gasteiger partial charge in [0.1, 0.15) is 12.3 Å². The first-order chi connectivity index (χ1) is 8.81. The van der Waals surface area contributed by atoms with Gasteiger partial charge in [0, 0.05) is 11.1 Å². The standard InChI is InChI=1S/C16H15NO/c1-13(12-18)17-16(14-8-4-2-5-9-14)15-10-6-3-7-11-15/h2-13H,1H3. The highest BCUT2D eigenvalue weighted by Gasteiger charge is 2.07. The number of hydrogen-bond acceptors (Lipinski definition) is 2. The number of rotatable bonds is 4. The molecule has 2 rings (SSSR count). The molecule has 0 bridgehead atoms. The van der Waals surface area contributed by atoms with Crippen LogP contribution in [0.25, 0.3) is 0 Å². The molecule has 0 radical (unpaired) electrons. The molecule has 2 aromatic rings. The summed E-state index contributed by atoms with van der Waals surface area (Å²) in [5.74, 6) is 0. The third-order valence-corrected chi connectivity index (χ3v) is 2.62. The number of hydrogen-bond donors (Lipinski definition) is 0. The van der Waals surface area contributed by atoms with Gasteiger partial charge in [0.25, 0.3) is 0 Å². The van der Waals surface area contributed by atoms with E-state index in [1.807, 2.05) is 60.7 Å². The van der Waals surface area contributed by atoms with Crippen LogP contribution in [0.5, 0.6) is 0 Å². The Labute approximate surface area is 107 Å². The summed E-state index contributed by atoms with van der Waals surface area (Å²) in [6.07, 6.45) is 0.853. The van der Waals surface area contributed by atoms with Crippen LogP contribution in [0.2, 0.25) is 0 Å². The van der Waals surface area contributed by atoms with E-state index in [4.69, 9.17) is 0 Å². The lowest BCUT2D eigenvalue weighted by atomic mass is 10.0. The van der Waals surface area contributed by atoms with Crippen molar-refractivity contribution in [2.75, 3.05) is 0 Å². The first-order valence-corrected chi connectivity index (χ1v) is 5.95. The minimum absolute atomic E-state index is 0.333. The summed E-state index contributed by atoms with van der Waals surface area (Å²) >= 11 is 0. The van der Waals surface area contributed by atoms with Crippen LogP contribution in [-0.4, -0.2) is 18.0 Å². The molecule has 0 heterocycles. The maximum atomic E-state index is 10.8. The maximum Gasteiger partial charge on any atom is 0.144 e. The minimum atomic E-state index is -0.333. The molecule has 2 aromatic carbocycles. The van der Waals surface area contributed by atoms with Crippen LogP contribution in [0, 0.1) is 0 Å². The summed E-state index contributed by atoms with van der Waals surface area (Å²) in [4.78, 5) is 15.3. The monoisotopic (exact) mass is 237 g/mol. The van der Waals surface area contributed by atoms with Gasteiger partial charge >= 0.3 is 0 Å². The van der Waals surface area contributed by atoms with Crippen LogP contribution in [0.1, 0.15) is 18.1 Å². The Hall–Kier alpha value is -2.22. The van der Waals surface area contributed by atoms with E-state index >= 15 is 0 Å². The molecule has 0 aliphatic heterocycles. The number of nitrogens with zero attached hydrogens (tertiary/aromatic N) is 1. The van der Waals surface area contributed by atoms with Gasteiger partial charge in [-0.1, -0.05) is 60.7 Å². The van der Waals surface area contributed by atoms with Crippen molar-refractivity contribution in [1.82, 2.24) is 0 Å². The van der Waals surface area contributed by atoms with Crippen LogP contribution in [0.3, 0.4) is 0 Å². The molecule has 18 heavy (non-hydrogen) atoms. The zero-order valence-electron chi connectivity index (χ0n) is 10.3. The van der Waals surface area contributed by atoms with Gasteiger partial charge < -0.3 is 4.79 Å². The fourth-order valence-electron chi connectivity index (χ4n) is 1.74. The van der Waals surface area contributed by atoms with E-state index in [9.17, 15) is 4.79 Å². The quantitative estimate of drug-likeness (QED) is 0.593. The molecule has 2 nitrogen and oxygen atoms in total. The molecule has 0 aliphatic rings. The number of aldehydes is 1. The largest absolute Gasteiger partial charge is 0.301 e. The van der Waals surface area contributed by atoms with Crippen molar-refractivity contribution < 1.29 is 4.79 Å². The predicted molar refractivity (Wildman–Crippen MR) is 74.0 cm³/mol. The smallest absolute Gasteiger partial charge is 0.144 e. The zero-order valence-corrected chi connectivity index (χ0v) is 10.3. The molecular formula is C16H15NO. The van der Waals surface area contributed by atoms with Crippen LogP contribution in [0.15, 0.2) is 65.7 Å². The summed E-state index contributed by atoms with van der Waals surface area (Å²) < 4.78 is 0. The third-order valence-electron chi connectivity index (χ3n) is 2.62. The van der Waals surface area contributed by atoms with Crippen LogP contribution >= 0.6 is 0 Å². The number of benzene rings is 2. The van der Waals surface area contributed by atoms with E-state index in [0.29, 0.717) is 0 Å². The van der Waals surface area contributed by atoms with Crippen molar-refractivity contribution >= 4 is 12.0 Å². The fourth-order valence-corrected chi connectivity index (χ4v) is 1.74. The molecule has 0 amide bonds. The first-order valence-electron chi connectivity index (χ1n) is 5.95. The van der Waals surface area contributed by atoms with Gasteiger partial charge in [0.15, 0.2) is 0 Å². The van der Waals surface area contributed by atoms with E-state index in [-0.39, 0.29) is 6.04 Å². The second kappa shape index (κ2) is 5.92. The van der Waals surface area contributed by atoms with Gasteiger partial charge in [0.05, 0.1) is 5.71 Å². The van der Waals surface area contributed by atoms with E-state index in [2.05, 4.69) is 4.99 Å². The molecule has 0 aliphatic carbocycles. The van der Waals surface area contributed by atoms with E-state index in [0.717, 1.165) is 23.1 Å². The Bertz CT molecular complexity index is 490. The highest BCUT2D eigenvalue weighted by molar-refractivity contribution is 6.13. The lowest BCUT2D eigenvalue weighted by molar-refractivity contribution is -0.108. The first kappa shape index (κ1) is 12.2. The van der Waals surface area contributed by atoms with Crippen LogP contribution in [0.4, 0.5) is 0 Å². The van der Waals surface area contributed by atoms with Gasteiger partial charge in [-0.15, -0.1) is 0 Å². The zero-order chi connectivity index (χ0) is 12.8. The van der Waals surface area contributed by atoms with Crippen molar-refractivity contribution in [3.05, 3.63) is 71.8 Å². The molecule has 0 aromatic heterocycles. The molecule has 0 N–H and O–H groups in total. The van der Waals surface area contributed by atoms with Crippen molar-refractivity contribution in [1.29, 1.82) is 0 Å². The molecular weight excluding hydrogens is 222 g/mol. The topological polar surface area (TPSA) is 29.4 Å². The average molecular weight is 237 g/mol. The van der Waals surface area contributed by atoms with Gasteiger partial charge in [0.2, 0.25) is 0 Å². The molecule has 90 valence electrons. The summed E-state index contributed by atoms with van der Waals surface area (Å²) in [7, 11) is 0. The maximum absolute atomic E-state index is 10.8. The molecule has 0 spiro atoms. The Morgan fingerprint density at radius 1 is 0.944 bits per heavy atom. The van der Waals surface area contributed by atoms with Gasteiger partial charge in [-0.2, -0.15) is 0 Å². The summed E-state index contributed by atoms with van der Waals surface area (Å²) in [5, 5.41) is 0. The molecule has 1 atom stereocenters. The van der Waals surface area contributed by atoms with Gasteiger partial charge in [-0.25, -0.2) is 0 Å². The van der Waals surface area contributed by atoms with E-state index in [1.165, 1.54) is 0 Å². The average Bonchev–Trinajstić information content (AvgIpc) is 2.46. The lowest BCUT2D eigenvalue weighted by Crippen LogP contribution is -2.09. The number of aliphatic imine (C=N–C) groups is 1. The molecule has 1 unspecified atom stereocenters. The summed E-state index contributed by atoms with van der Waals surface area (Å²) in [6.45, 7) is 1.79. The fraction of sp³-hybridized carbons (Fsp3) is 0.125. The Morgan fingerprint density at radius 2 is 1.39 bits per heavy atom. The van der Waals surface area contributed by atoms with Crippen molar-refractivity contribution in [3.63, 3.8) is 0 Å². The third kappa shape index (κ3) is 2.92. The predicted octanol–water partition coefficient (Wildman–Crippen LogP) is 3.11. The molecule has 0 fully saturated rings. The van der Waals surface area contributed by atoms with Gasteiger partial charge in [-0.3, -0.25) is 4.99 Å². The van der Waals surface area contributed by atoms with E-state index < -0.39 is 0 Å². The molecule has 0 saturated heterocycles. The van der Waals surface area contributed by atoms with Gasteiger partial charge in [-0.05, 0) is 6.92 Å². The Kier molecular flexibility index (Phi) is 4.02. The Balaban J connectivity index is 2.48. The second-order valence-corrected chi connectivity index (χ2v) is 4.09. The normalized spacial score (nSPS) is 11.6. The summed E-state index contributed by atoms with van der Waals surface area (Å²) in [6, 6.07) is 19.5. The molecule has 2 heteroatoms. The number of carbonyl (C=O) groups excluding carboxylic acids is 1. The van der Waals surface area contributed by atoms with Crippen molar-refractivity contribution in [3.8, 4) is 0 Å². The van der Waals surface area contributed by atoms with Crippen LogP contribution in [-0.2, 0) is 4.79 Å². The minimum Gasteiger partial charge on any atom is -0.301 e.